The molecule has 0 saturated heterocycles. The lowest BCUT2D eigenvalue weighted by atomic mass is 10.0. The highest BCUT2D eigenvalue weighted by Gasteiger charge is 2.18. The van der Waals surface area contributed by atoms with Crippen LogP contribution in [-0.4, -0.2) is 24.7 Å². The first-order valence-electron chi connectivity index (χ1n) is 6.40. The van der Waals surface area contributed by atoms with E-state index < -0.39 is 0 Å². The smallest absolute Gasteiger partial charge is 0.161 e. The van der Waals surface area contributed by atoms with Gasteiger partial charge in [0.1, 0.15) is 13.2 Å². The van der Waals surface area contributed by atoms with Crippen molar-refractivity contribution in [3.05, 3.63) is 40.3 Å². The molecule has 19 heavy (non-hydrogen) atoms. The van der Waals surface area contributed by atoms with Crippen LogP contribution in [0.2, 0.25) is 0 Å². The van der Waals surface area contributed by atoms with Crippen LogP contribution in [0.25, 0.3) is 0 Å². The molecular weight excluding hydrogens is 260 g/mol. The molecule has 1 aliphatic heterocycles. The molecule has 1 aromatic carbocycles. The van der Waals surface area contributed by atoms with E-state index in [9.17, 15) is 0 Å². The number of benzene rings is 1. The monoisotopic (exact) mass is 276 g/mol. The summed E-state index contributed by atoms with van der Waals surface area (Å²) in [5.74, 6) is 1.66. The fraction of sp³-hybridized carbons (Fsp3) is 0.357. The third kappa shape index (κ3) is 2.57. The van der Waals surface area contributed by atoms with Crippen LogP contribution in [0.4, 0.5) is 0 Å². The van der Waals surface area contributed by atoms with Crippen LogP contribution in [0.3, 0.4) is 0 Å². The number of hydrogen-bond acceptors (Lipinski definition) is 5. The van der Waals surface area contributed by atoms with Crippen molar-refractivity contribution in [3.63, 3.8) is 0 Å². The summed E-state index contributed by atoms with van der Waals surface area (Å²) >= 11 is 1.66. The zero-order chi connectivity index (χ0) is 13.1. The molecule has 1 unspecified atom stereocenters. The van der Waals surface area contributed by atoms with Gasteiger partial charge in [0.25, 0.3) is 0 Å². The molecule has 0 radical (unpaired) electrons. The van der Waals surface area contributed by atoms with Crippen LogP contribution in [0.15, 0.2) is 29.9 Å². The molecule has 3 rings (SSSR count). The van der Waals surface area contributed by atoms with Gasteiger partial charge in [-0.25, -0.2) is 0 Å². The molecule has 1 aliphatic rings. The van der Waals surface area contributed by atoms with Gasteiger partial charge in [-0.3, -0.25) is 4.98 Å². The maximum absolute atomic E-state index is 5.64. The Labute approximate surface area is 116 Å². The minimum Gasteiger partial charge on any atom is -0.486 e. The number of rotatable bonds is 4. The number of aromatic nitrogens is 1. The SMILES string of the molecule is CCNC(c1ccc2c(c1)OCCO2)c1cncs1. The van der Waals surface area contributed by atoms with Gasteiger partial charge in [-0.05, 0) is 24.2 Å². The van der Waals surface area contributed by atoms with Gasteiger partial charge in [-0.2, -0.15) is 0 Å². The van der Waals surface area contributed by atoms with Gasteiger partial charge in [0.05, 0.1) is 11.6 Å². The van der Waals surface area contributed by atoms with Gasteiger partial charge < -0.3 is 14.8 Å². The summed E-state index contributed by atoms with van der Waals surface area (Å²) in [7, 11) is 0. The predicted octanol–water partition coefficient (Wildman–Crippen LogP) is 2.61. The maximum atomic E-state index is 5.64. The molecule has 0 saturated carbocycles. The molecule has 4 nitrogen and oxygen atoms in total. The number of thiazole rings is 1. The average molecular weight is 276 g/mol. The highest BCUT2D eigenvalue weighted by Crippen LogP contribution is 2.34. The second-order valence-electron chi connectivity index (χ2n) is 4.30. The Balaban J connectivity index is 1.94. The normalized spacial score (nSPS) is 15.2. The number of fused-ring (bicyclic) bond motifs is 1. The van der Waals surface area contributed by atoms with Gasteiger partial charge in [-0.1, -0.05) is 13.0 Å². The van der Waals surface area contributed by atoms with Gasteiger partial charge in [0.15, 0.2) is 11.5 Å². The summed E-state index contributed by atoms with van der Waals surface area (Å²) < 4.78 is 11.2. The lowest BCUT2D eigenvalue weighted by Gasteiger charge is -2.22. The van der Waals surface area contributed by atoms with E-state index in [1.807, 2.05) is 17.8 Å². The minimum absolute atomic E-state index is 0.160. The topological polar surface area (TPSA) is 43.4 Å². The summed E-state index contributed by atoms with van der Waals surface area (Å²) in [6.45, 7) is 4.24. The van der Waals surface area contributed by atoms with Crippen molar-refractivity contribution in [1.82, 2.24) is 10.3 Å². The first-order chi connectivity index (χ1) is 9.38. The third-order valence-electron chi connectivity index (χ3n) is 3.04. The van der Waals surface area contributed by atoms with Crippen LogP contribution < -0.4 is 14.8 Å². The Morgan fingerprint density at radius 3 is 2.89 bits per heavy atom. The van der Waals surface area contributed by atoms with Crippen molar-refractivity contribution in [2.45, 2.75) is 13.0 Å². The van der Waals surface area contributed by atoms with Crippen LogP contribution >= 0.6 is 11.3 Å². The Kier molecular flexibility index (Phi) is 3.66. The lowest BCUT2D eigenvalue weighted by Crippen LogP contribution is -2.22. The molecule has 2 heterocycles. The molecule has 0 bridgehead atoms. The Morgan fingerprint density at radius 1 is 1.32 bits per heavy atom. The van der Waals surface area contributed by atoms with Gasteiger partial charge in [-0.15, -0.1) is 11.3 Å². The van der Waals surface area contributed by atoms with Crippen molar-refractivity contribution >= 4 is 11.3 Å². The average Bonchev–Trinajstić information content (AvgIpc) is 2.98. The van der Waals surface area contributed by atoms with Gasteiger partial charge in [0.2, 0.25) is 0 Å². The van der Waals surface area contributed by atoms with E-state index in [1.54, 1.807) is 11.3 Å². The summed E-state index contributed by atoms with van der Waals surface area (Å²) in [4.78, 5) is 5.37. The molecule has 0 spiro atoms. The van der Waals surface area contributed by atoms with E-state index in [0.29, 0.717) is 13.2 Å². The molecule has 1 N–H and O–H groups in total. The molecule has 0 aliphatic carbocycles. The Morgan fingerprint density at radius 2 is 2.16 bits per heavy atom. The van der Waals surface area contributed by atoms with E-state index in [-0.39, 0.29) is 6.04 Å². The van der Waals surface area contributed by atoms with Crippen molar-refractivity contribution < 1.29 is 9.47 Å². The van der Waals surface area contributed by atoms with Gasteiger partial charge >= 0.3 is 0 Å². The fourth-order valence-electron chi connectivity index (χ4n) is 2.19. The highest BCUT2D eigenvalue weighted by atomic mass is 32.1. The largest absolute Gasteiger partial charge is 0.486 e. The molecule has 5 heteroatoms. The van der Waals surface area contributed by atoms with E-state index in [0.717, 1.165) is 18.0 Å². The number of nitrogens with zero attached hydrogens (tertiary/aromatic N) is 1. The number of nitrogens with one attached hydrogen (secondary N) is 1. The zero-order valence-corrected chi connectivity index (χ0v) is 11.6. The number of hydrogen-bond donors (Lipinski definition) is 1. The number of ether oxygens (including phenoxy) is 2. The van der Waals surface area contributed by atoms with Crippen LogP contribution in [0.5, 0.6) is 11.5 Å². The second-order valence-corrected chi connectivity index (χ2v) is 5.22. The van der Waals surface area contributed by atoms with Crippen molar-refractivity contribution in [2.24, 2.45) is 0 Å². The van der Waals surface area contributed by atoms with Crippen molar-refractivity contribution in [1.29, 1.82) is 0 Å². The Bertz CT molecular complexity index is 542. The maximum Gasteiger partial charge on any atom is 0.161 e. The van der Waals surface area contributed by atoms with Crippen LogP contribution in [0, 0.1) is 0 Å². The lowest BCUT2D eigenvalue weighted by molar-refractivity contribution is 0.171. The second kappa shape index (κ2) is 5.59. The molecular formula is C14H16N2O2S. The standard InChI is InChI=1S/C14H16N2O2S/c1-2-16-14(13-8-15-9-19-13)10-3-4-11-12(7-10)18-6-5-17-11/h3-4,7-9,14,16H,2,5-6H2,1H3. The predicted molar refractivity (Wildman–Crippen MR) is 75.1 cm³/mol. The summed E-state index contributed by atoms with van der Waals surface area (Å²) in [5.41, 5.74) is 3.04. The quantitative estimate of drug-likeness (QED) is 0.932. The van der Waals surface area contributed by atoms with E-state index in [4.69, 9.17) is 9.47 Å². The first kappa shape index (κ1) is 12.4. The first-order valence-corrected chi connectivity index (χ1v) is 7.27. The molecule has 1 aromatic heterocycles. The van der Waals surface area contributed by atoms with Gasteiger partial charge in [0, 0.05) is 11.1 Å². The van der Waals surface area contributed by atoms with E-state index >= 15 is 0 Å². The molecule has 0 amide bonds. The van der Waals surface area contributed by atoms with Crippen LogP contribution in [-0.2, 0) is 0 Å². The zero-order valence-electron chi connectivity index (χ0n) is 10.8. The highest BCUT2D eigenvalue weighted by molar-refractivity contribution is 7.09. The summed E-state index contributed by atoms with van der Waals surface area (Å²) in [6, 6.07) is 6.28. The third-order valence-corrected chi connectivity index (χ3v) is 3.88. The van der Waals surface area contributed by atoms with Crippen molar-refractivity contribution in [3.8, 4) is 11.5 Å². The summed E-state index contributed by atoms with van der Waals surface area (Å²) in [6.07, 6.45) is 1.91. The molecule has 0 fully saturated rings. The fourth-order valence-corrected chi connectivity index (χ4v) is 2.92. The molecule has 2 aromatic rings. The minimum atomic E-state index is 0.160. The van der Waals surface area contributed by atoms with Crippen LogP contribution in [0.1, 0.15) is 23.4 Å². The van der Waals surface area contributed by atoms with Crippen molar-refractivity contribution in [2.75, 3.05) is 19.8 Å². The van der Waals surface area contributed by atoms with E-state index in [2.05, 4.69) is 29.4 Å². The molecule has 1 atom stereocenters. The summed E-state index contributed by atoms with van der Waals surface area (Å²) in [5, 5.41) is 3.48. The molecule has 100 valence electrons. The Hall–Kier alpha value is -1.59. The van der Waals surface area contributed by atoms with E-state index in [1.165, 1.54) is 10.4 Å².